The number of rotatable bonds is 0. The van der Waals surface area contributed by atoms with Crippen molar-refractivity contribution in [3.63, 3.8) is 0 Å². The predicted octanol–water partition coefficient (Wildman–Crippen LogP) is 4.62. The average molecular weight is 220 g/mol. The van der Waals surface area contributed by atoms with Crippen molar-refractivity contribution in [3.8, 4) is 11.1 Å². The van der Waals surface area contributed by atoms with E-state index < -0.39 is 0 Å². The SMILES string of the molecule is CC1=CCc2ccccc2-c2ccc(C)cc21. The molecule has 0 heterocycles. The molecule has 0 aromatic heterocycles. The third-order valence-corrected chi connectivity index (χ3v) is 3.54. The van der Waals surface area contributed by atoms with E-state index in [9.17, 15) is 0 Å². The van der Waals surface area contributed by atoms with Crippen molar-refractivity contribution < 1.29 is 0 Å². The number of benzene rings is 2. The number of fused-ring (bicyclic) bond motifs is 3. The second-order valence-electron chi connectivity index (χ2n) is 4.80. The lowest BCUT2D eigenvalue weighted by atomic mass is 9.93. The molecule has 0 radical (unpaired) electrons. The predicted molar refractivity (Wildman–Crippen MR) is 74.0 cm³/mol. The Bertz CT molecular complexity index is 603. The van der Waals surface area contributed by atoms with E-state index in [0.717, 1.165) is 6.42 Å². The first-order valence-corrected chi connectivity index (χ1v) is 6.12. The minimum absolute atomic E-state index is 1.04. The Hall–Kier alpha value is -1.82. The fourth-order valence-electron chi connectivity index (χ4n) is 2.55. The van der Waals surface area contributed by atoms with E-state index in [0.29, 0.717) is 0 Å². The van der Waals surface area contributed by atoms with Gasteiger partial charge in [-0.3, -0.25) is 0 Å². The van der Waals surface area contributed by atoms with Gasteiger partial charge >= 0.3 is 0 Å². The maximum atomic E-state index is 2.34. The molecule has 0 amide bonds. The van der Waals surface area contributed by atoms with E-state index in [1.54, 1.807) is 0 Å². The van der Waals surface area contributed by atoms with E-state index >= 15 is 0 Å². The lowest BCUT2D eigenvalue weighted by Crippen LogP contribution is -1.89. The van der Waals surface area contributed by atoms with Crippen LogP contribution in [0.5, 0.6) is 0 Å². The molecule has 0 N–H and O–H groups in total. The van der Waals surface area contributed by atoms with Crippen molar-refractivity contribution in [3.05, 3.63) is 65.2 Å². The van der Waals surface area contributed by atoms with Gasteiger partial charge in [-0.05, 0) is 48.1 Å². The van der Waals surface area contributed by atoms with Gasteiger partial charge in [0, 0.05) is 0 Å². The Labute approximate surface area is 103 Å². The molecule has 0 heteroatoms. The molecule has 1 aliphatic rings. The summed E-state index contributed by atoms with van der Waals surface area (Å²) >= 11 is 0. The number of allylic oxidation sites excluding steroid dienone is 2. The molecule has 3 rings (SSSR count). The third-order valence-electron chi connectivity index (χ3n) is 3.54. The van der Waals surface area contributed by atoms with Crippen LogP contribution < -0.4 is 0 Å². The van der Waals surface area contributed by atoms with Crippen molar-refractivity contribution in [1.29, 1.82) is 0 Å². The molecule has 0 nitrogen and oxygen atoms in total. The minimum Gasteiger partial charge on any atom is -0.0766 e. The highest BCUT2D eigenvalue weighted by atomic mass is 14.2. The average Bonchev–Trinajstić information content (AvgIpc) is 2.48. The van der Waals surface area contributed by atoms with Crippen LogP contribution in [0.4, 0.5) is 0 Å². The molecule has 0 bridgehead atoms. The molecular weight excluding hydrogens is 204 g/mol. The molecular formula is C17H16. The highest BCUT2D eigenvalue weighted by Gasteiger charge is 2.13. The topological polar surface area (TPSA) is 0 Å². The maximum absolute atomic E-state index is 2.34. The van der Waals surface area contributed by atoms with E-state index in [1.165, 1.54) is 33.4 Å². The van der Waals surface area contributed by atoms with Crippen molar-refractivity contribution in [2.75, 3.05) is 0 Å². The molecule has 0 saturated carbocycles. The first kappa shape index (κ1) is 10.3. The third kappa shape index (κ3) is 1.70. The Morgan fingerprint density at radius 3 is 2.53 bits per heavy atom. The van der Waals surface area contributed by atoms with Crippen LogP contribution >= 0.6 is 0 Å². The van der Waals surface area contributed by atoms with E-state index in [4.69, 9.17) is 0 Å². The molecule has 2 aromatic carbocycles. The molecule has 0 unspecified atom stereocenters. The van der Waals surface area contributed by atoms with Crippen molar-refractivity contribution in [2.24, 2.45) is 0 Å². The van der Waals surface area contributed by atoms with Gasteiger partial charge in [-0.1, -0.05) is 54.1 Å². The van der Waals surface area contributed by atoms with Crippen LogP contribution in [0, 0.1) is 6.92 Å². The molecule has 0 saturated heterocycles. The van der Waals surface area contributed by atoms with Crippen LogP contribution in [-0.2, 0) is 6.42 Å². The Morgan fingerprint density at radius 1 is 0.824 bits per heavy atom. The van der Waals surface area contributed by atoms with Crippen molar-refractivity contribution in [1.82, 2.24) is 0 Å². The molecule has 17 heavy (non-hydrogen) atoms. The Balaban J connectivity index is 2.34. The van der Waals surface area contributed by atoms with E-state index in [2.05, 4.69) is 62.4 Å². The van der Waals surface area contributed by atoms with Crippen LogP contribution in [0.3, 0.4) is 0 Å². The maximum Gasteiger partial charge on any atom is -0.00853 e. The van der Waals surface area contributed by atoms with Gasteiger partial charge in [-0.2, -0.15) is 0 Å². The van der Waals surface area contributed by atoms with E-state index in [1.807, 2.05) is 0 Å². The van der Waals surface area contributed by atoms with Crippen LogP contribution in [0.25, 0.3) is 16.7 Å². The summed E-state index contributed by atoms with van der Waals surface area (Å²) in [5.74, 6) is 0. The normalized spacial score (nSPS) is 13.4. The zero-order chi connectivity index (χ0) is 11.8. The van der Waals surface area contributed by atoms with Crippen LogP contribution in [0.15, 0.2) is 48.5 Å². The number of hydrogen-bond acceptors (Lipinski definition) is 0. The molecule has 1 aliphatic carbocycles. The number of aryl methyl sites for hydroxylation is 1. The van der Waals surface area contributed by atoms with Gasteiger partial charge in [0.15, 0.2) is 0 Å². The largest absolute Gasteiger partial charge is 0.0766 e. The van der Waals surface area contributed by atoms with Gasteiger partial charge in [0.1, 0.15) is 0 Å². The second kappa shape index (κ2) is 3.89. The van der Waals surface area contributed by atoms with Crippen LogP contribution in [-0.4, -0.2) is 0 Å². The molecule has 84 valence electrons. The molecule has 0 spiro atoms. The van der Waals surface area contributed by atoms with Crippen molar-refractivity contribution >= 4 is 5.57 Å². The van der Waals surface area contributed by atoms with Crippen LogP contribution in [0.1, 0.15) is 23.6 Å². The molecule has 0 aliphatic heterocycles. The Kier molecular flexibility index (Phi) is 2.36. The highest BCUT2D eigenvalue weighted by Crippen LogP contribution is 2.35. The lowest BCUT2D eigenvalue weighted by molar-refractivity contribution is 1.28. The fraction of sp³-hybridized carbons (Fsp3) is 0.176. The zero-order valence-corrected chi connectivity index (χ0v) is 10.3. The van der Waals surface area contributed by atoms with Crippen LogP contribution in [0.2, 0.25) is 0 Å². The molecule has 0 atom stereocenters. The lowest BCUT2D eigenvalue weighted by Gasteiger charge is -2.11. The summed E-state index contributed by atoms with van der Waals surface area (Å²) in [4.78, 5) is 0. The summed E-state index contributed by atoms with van der Waals surface area (Å²) < 4.78 is 0. The summed E-state index contributed by atoms with van der Waals surface area (Å²) in [7, 11) is 0. The van der Waals surface area contributed by atoms with Gasteiger partial charge in [0.25, 0.3) is 0 Å². The second-order valence-corrected chi connectivity index (χ2v) is 4.80. The fourth-order valence-corrected chi connectivity index (χ4v) is 2.55. The summed E-state index contributed by atoms with van der Waals surface area (Å²) in [6.07, 6.45) is 3.37. The van der Waals surface area contributed by atoms with E-state index in [-0.39, 0.29) is 0 Å². The summed E-state index contributed by atoms with van der Waals surface area (Å²) in [5.41, 5.74) is 8.29. The van der Waals surface area contributed by atoms with Gasteiger partial charge in [-0.15, -0.1) is 0 Å². The van der Waals surface area contributed by atoms with Gasteiger partial charge in [-0.25, -0.2) is 0 Å². The van der Waals surface area contributed by atoms with Gasteiger partial charge in [0.2, 0.25) is 0 Å². The first-order valence-electron chi connectivity index (χ1n) is 6.12. The minimum atomic E-state index is 1.04. The molecule has 0 fully saturated rings. The molecule has 2 aromatic rings. The van der Waals surface area contributed by atoms with Gasteiger partial charge in [0.05, 0.1) is 0 Å². The van der Waals surface area contributed by atoms with Gasteiger partial charge < -0.3 is 0 Å². The smallest absolute Gasteiger partial charge is 0.00853 e. The highest BCUT2D eigenvalue weighted by molar-refractivity contribution is 5.84. The Morgan fingerprint density at radius 2 is 1.65 bits per heavy atom. The quantitative estimate of drug-likeness (QED) is 0.607. The summed E-state index contributed by atoms with van der Waals surface area (Å²) in [6.45, 7) is 4.37. The monoisotopic (exact) mass is 220 g/mol. The number of hydrogen-bond donors (Lipinski definition) is 0. The standard InChI is InChI=1S/C17H16/c1-12-7-10-16-15-6-4-3-5-14(15)9-8-13(2)17(16)11-12/h3-8,10-11H,9H2,1-2H3. The zero-order valence-electron chi connectivity index (χ0n) is 10.3. The summed E-state index contributed by atoms with van der Waals surface area (Å²) in [6, 6.07) is 15.5. The first-order chi connectivity index (χ1) is 8.25. The van der Waals surface area contributed by atoms with Crippen molar-refractivity contribution in [2.45, 2.75) is 20.3 Å². The summed E-state index contributed by atoms with van der Waals surface area (Å²) in [5, 5.41) is 0.